The van der Waals surface area contributed by atoms with E-state index in [1.54, 1.807) is 49.6 Å². The average Bonchev–Trinajstić information content (AvgIpc) is 2.82. The lowest BCUT2D eigenvalue weighted by molar-refractivity contribution is -0.136. The maximum absolute atomic E-state index is 12.7. The van der Waals surface area contributed by atoms with Gasteiger partial charge in [-0.3, -0.25) is 14.4 Å². The Morgan fingerprint density at radius 2 is 1.56 bits per heavy atom. The van der Waals surface area contributed by atoms with E-state index < -0.39 is 11.8 Å². The molecule has 0 unspecified atom stereocenters. The van der Waals surface area contributed by atoms with Crippen molar-refractivity contribution in [2.75, 3.05) is 12.4 Å². The molecule has 0 heterocycles. The monoisotopic (exact) mass is 431 g/mol. The minimum Gasteiger partial charge on any atom is -0.497 e. The van der Waals surface area contributed by atoms with Gasteiger partial charge in [-0.05, 0) is 47.9 Å². The number of aryl methyl sites for hydroxylation is 1. The molecule has 0 bridgehead atoms. The zero-order valence-corrected chi connectivity index (χ0v) is 18.0. The van der Waals surface area contributed by atoms with E-state index in [9.17, 15) is 14.4 Å². The lowest BCUT2D eigenvalue weighted by Gasteiger charge is -2.12. The van der Waals surface area contributed by atoms with Crippen LogP contribution in [0.15, 0.2) is 72.8 Å². The van der Waals surface area contributed by atoms with Crippen LogP contribution in [-0.2, 0) is 22.7 Å². The number of amides is 3. The first-order chi connectivity index (χ1) is 15.5. The maximum atomic E-state index is 12.7. The fourth-order valence-corrected chi connectivity index (χ4v) is 3.09. The molecule has 164 valence electrons. The molecule has 0 saturated heterocycles. The number of benzene rings is 3. The Bertz CT molecular complexity index is 1130. The van der Waals surface area contributed by atoms with Gasteiger partial charge in [0.05, 0.1) is 18.4 Å². The van der Waals surface area contributed by atoms with Crippen LogP contribution in [0.3, 0.4) is 0 Å². The van der Waals surface area contributed by atoms with Gasteiger partial charge in [0, 0.05) is 13.1 Å². The molecule has 7 nitrogen and oxygen atoms in total. The molecule has 32 heavy (non-hydrogen) atoms. The largest absolute Gasteiger partial charge is 0.497 e. The number of carbonyl (C=O) groups is 3. The smallest absolute Gasteiger partial charge is 0.313 e. The zero-order chi connectivity index (χ0) is 22.9. The zero-order valence-electron chi connectivity index (χ0n) is 18.0. The molecule has 0 atom stereocenters. The van der Waals surface area contributed by atoms with Gasteiger partial charge < -0.3 is 20.7 Å². The van der Waals surface area contributed by atoms with Crippen LogP contribution in [0.25, 0.3) is 0 Å². The van der Waals surface area contributed by atoms with Crippen molar-refractivity contribution >= 4 is 23.4 Å². The molecule has 0 fully saturated rings. The number of nitrogens with one attached hydrogen (secondary N) is 3. The number of rotatable bonds is 7. The van der Waals surface area contributed by atoms with Crippen molar-refractivity contribution in [1.29, 1.82) is 0 Å². The molecular weight excluding hydrogens is 406 g/mol. The molecule has 3 aromatic rings. The fourth-order valence-electron chi connectivity index (χ4n) is 3.09. The fraction of sp³-hybridized carbons (Fsp3) is 0.160. The Hall–Kier alpha value is -4.13. The van der Waals surface area contributed by atoms with Gasteiger partial charge in [0.1, 0.15) is 5.75 Å². The van der Waals surface area contributed by atoms with Crippen LogP contribution < -0.4 is 20.7 Å². The quantitative estimate of drug-likeness (QED) is 0.501. The second-order valence-corrected chi connectivity index (χ2v) is 7.14. The van der Waals surface area contributed by atoms with Crippen molar-refractivity contribution in [3.05, 3.63) is 95.1 Å². The highest BCUT2D eigenvalue weighted by Crippen LogP contribution is 2.16. The predicted octanol–water partition coefficient (Wildman–Crippen LogP) is 3.19. The summed E-state index contributed by atoms with van der Waals surface area (Å²) in [7, 11) is 1.56. The summed E-state index contributed by atoms with van der Waals surface area (Å²) < 4.78 is 5.15. The molecule has 0 aliphatic rings. The lowest BCUT2D eigenvalue weighted by Crippen LogP contribution is -2.35. The number of methoxy groups -OCH3 is 1. The third-order valence-electron chi connectivity index (χ3n) is 4.91. The second kappa shape index (κ2) is 10.8. The van der Waals surface area contributed by atoms with Crippen molar-refractivity contribution < 1.29 is 19.1 Å². The van der Waals surface area contributed by atoms with Gasteiger partial charge in [-0.25, -0.2) is 0 Å². The van der Waals surface area contributed by atoms with Crippen molar-refractivity contribution in [2.24, 2.45) is 0 Å². The Balaban J connectivity index is 1.60. The summed E-state index contributed by atoms with van der Waals surface area (Å²) in [6, 6.07) is 21.5. The first-order valence-electron chi connectivity index (χ1n) is 10.1. The van der Waals surface area contributed by atoms with Gasteiger partial charge in [-0.2, -0.15) is 0 Å². The van der Waals surface area contributed by atoms with Crippen LogP contribution in [0.4, 0.5) is 5.69 Å². The topological polar surface area (TPSA) is 96.5 Å². The van der Waals surface area contributed by atoms with E-state index in [4.69, 9.17) is 4.74 Å². The normalized spacial score (nSPS) is 10.2. The Labute approximate surface area is 186 Å². The molecular formula is C25H25N3O4. The van der Waals surface area contributed by atoms with Gasteiger partial charge >= 0.3 is 11.8 Å². The van der Waals surface area contributed by atoms with Crippen LogP contribution in [0.5, 0.6) is 5.75 Å². The van der Waals surface area contributed by atoms with E-state index in [2.05, 4.69) is 16.0 Å². The molecule has 3 rings (SSSR count). The van der Waals surface area contributed by atoms with Crippen LogP contribution >= 0.6 is 0 Å². The van der Waals surface area contributed by atoms with E-state index in [1.807, 2.05) is 37.3 Å². The summed E-state index contributed by atoms with van der Waals surface area (Å²) in [5, 5.41) is 7.94. The number of hydrogen-bond acceptors (Lipinski definition) is 4. The van der Waals surface area contributed by atoms with Gasteiger partial charge in [-0.1, -0.05) is 48.5 Å². The summed E-state index contributed by atoms with van der Waals surface area (Å²) in [6.07, 6.45) is 0. The third kappa shape index (κ3) is 5.95. The minimum absolute atomic E-state index is 0.169. The Kier molecular flexibility index (Phi) is 7.59. The summed E-state index contributed by atoms with van der Waals surface area (Å²) in [4.78, 5) is 37.3. The molecule has 3 aromatic carbocycles. The Morgan fingerprint density at radius 3 is 2.34 bits per heavy atom. The van der Waals surface area contributed by atoms with Gasteiger partial charge in [-0.15, -0.1) is 0 Å². The van der Waals surface area contributed by atoms with Crippen molar-refractivity contribution in [1.82, 2.24) is 10.6 Å². The first kappa shape index (κ1) is 22.6. The summed E-state index contributed by atoms with van der Waals surface area (Å²) in [5.41, 5.74) is 3.40. The van der Waals surface area contributed by atoms with E-state index in [-0.39, 0.29) is 23.7 Å². The lowest BCUT2D eigenvalue weighted by atomic mass is 10.1. The number of carbonyl (C=O) groups excluding carboxylic acids is 3. The van der Waals surface area contributed by atoms with Gasteiger partial charge in [0.15, 0.2) is 0 Å². The van der Waals surface area contributed by atoms with Crippen molar-refractivity contribution in [3.8, 4) is 5.75 Å². The van der Waals surface area contributed by atoms with E-state index in [0.717, 1.165) is 16.7 Å². The third-order valence-corrected chi connectivity index (χ3v) is 4.91. The highest BCUT2D eigenvalue weighted by Gasteiger charge is 2.18. The number of ether oxygens (including phenoxy) is 1. The van der Waals surface area contributed by atoms with Crippen molar-refractivity contribution in [3.63, 3.8) is 0 Å². The highest BCUT2D eigenvalue weighted by molar-refractivity contribution is 6.40. The SMILES string of the molecule is COc1cccc(CNC(=O)C(=O)Nc2ccccc2C(=O)NCc2ccccc2C)c1. The molecule has 0 aliphatic carbocycles. The predicted molar refractivity (Wildman–Crippen MR) is 122 cm³/mol. The summed E-state index contributed by atoms with van der Waals surface area (Å²) in [5.74, 6) is -1.34. The molecule has 0 radical (unpaired) electrons. The van der Waals surface area contributed by atoms with Crippen LogP contribution in [0.1, 0.15) is 27.0 Å². The summed E-state index contributed by atoms with van der Waals surface area (Å²) >= 11 is 0. The maximum Gasteiger partial charge on any atom is 0.313 e. The van der Waals surface area contributed by atoms with Crippen LogP contribution in [-0.4, -0.2) is 24.8 Å². The molecule has 0 spiro atoms. The number of anilines is 1. The minimum atomic E-state index is -0.855. The summed E-state index contributed by atoms with van der Waals surface area (Å²) in [6.45, 7) is 2.50. The van der Waals surface area contributed by atoms with E-state index in [0.29, 0.717) is 12.3 Å². The standard InChI is InChI=1S/C25H25N3O4/c1-17-8-3-4-10-19(17)16-27-23(29)21-12-5-6-13-22(21)28-25(31)24(30)26-15-18-9-7-11-20(14-18)32-2/h3-14H,15-16H2,1-2H3,(H,26,30)(H,27,29)(H,28,31). The van der Waals surface area contributed by atoms with Crippen LogP contribution in [0, 0.1) is 6.92 Å². The van der Waals surface area contributed by atoms with Crippen molar-refractivity contribution in [2.45, 2.75) is 20.0 Å². The van der Waals surface area contributed by atoms with Crippen LogP contribution in [0.2, 0.25) is 0 Å². The van der Waals surface area contributed by atoms with Gasteiger partial charge in [0.2, 0.25) is 0 Å². The van der Waals surface area contributed by atoms with E-state index >= 15 is 0 Å². The molecule has 3 N–H and O–H groups in total. The average molecular weight is 431 g/mol. The first-order valence-corrected chi connectivity index (χ1v) is 10.1. The van der Waals surface area contributed by atoms with Gasteiger partial charge in [0.25, 0.3) is 5.91 Å². The molecule has 0 aromatic heterocycles. The Morgan fingerprint density at radius 1 is 0.812 bits per heavy atom. The van der Waals surface area contributed by atoms with E-state index in [1.165, 1.54) is 0 Å². The molecule has 3 amide bonds. The highest BCUT2D eigenvalue weighted by atomic mass is 16.5. The molecule has 0 saturated carbocycles. The molecule has 7 heteroatoms. The molecule has 0 aliphatic heterocycles. The second-order valence-electron chi connectivity index (χ2n) is 7.14. The number of para-hydroxylation sites is 1. The number of hydrogen-bond donors (Lipinski definition) is 3.